The molecule has 224 valence electrons. The molecule has 0 aliphatic rings. The smallest absolute Gasteiger partial charge is 0.180 e. The molecule has 3 aromatic heterocycles. The minimum absolute atomic E-state index is 0.588. The third kappa shape index (κ3) is 4.10. The SMILES string of the molecule is c1ccc(-c2cccc(-c3nc(-c4cccc5c4oc4c(-c6ccccc6)c6ccccc6cc45)nc4c3oc3ccccc34)c2)cc1. The fraction of sp³-hybridized carbons (Fsp3) is 0. The zero-order chi connectivity index (χ0) is 31.6. The standard InChI is InChI=1S/C44H26N2O2/c1-3-13-27(14-4-1)29-18-11-19-31(25-29)39-43-40(34-21-9-10-24-37(34)47-43)46-44(45-39)35-23-12-22-33-36-26-30-17-7-8-20-32(30)38(42(36)48-41(33)35)28-15-5-2-6-16-28/h1-26H. The quantitative estimate of drug-likeness (QED) is 0.198. The molecule has 0 unspecified atom stereocenters. The van der Waals surface area contributed by atoms with E-state index in [4.69, 9.17) is 18.8 Å². The Bertz CT molecular complexity index is 2830. The predicted molar refractivity (Wildman–Crippen MR) is 196 cm³/mol. The van der Waals surface area contributed by atoms with Gasteiger partial charge in [-0.25, -0.2) is 9.97 Å². The van der Waals surface area contributed by atoms with Gasteiger partial charge in [0.05, 0.1) is 5.56 Å². The van der Waals surface area contributed by atoms with Crippen molar-refractivity contribution in [2.45, 2.75) is 0 Å². The molecule has 0 radical (unpaired) electrons. The fourth-order valence-electron chi connectivity index (χ4n) is 7.05. The Balaban J connectivity index is 1.27. The van der Waals surface area contributed by atoms with Crippen molar-refractivity contribution in [3.63, 3.8) is 0 Å². The van der Waals surface area contributed by atoms with Crippen LogP contribution in [0, 0.1) is 0 Å². The van der Waals surface area contributed by atoms with Gasteiger partial charge in [-0.2, -0.15) is 0 Å². The molecular formula is C44H26N2O2. The van der Waals surface area contributed by atoms with Crippen molar-refractivity contribution >= 4 is 54.8 Å². The summed E-state index contributed by atoms with van der Waals surface area (Å²) < 4.78 is 13.4. The Hall–Kier alpha value is -6.52. The number of furan rings is 2. The molecule has 0 aliphatic carbocycles. The maximum absolute atomic E-state index is 6.93. The van der Waals surface area contributed by atoms with Crippen LogP contribution in [0.25, 0.3) is 99.7 Å². The number of hydrogen-bond donors (Lipinski definition) is 0. The van der Waals surface area contributed by atoms with Gasteiger partial charge in [0, 0.05) is 27.3 Å². The van der Waals surface area contributed by atoms with E-state index in [0.29, 0.717) is 11.4 Å². The molecule has 4 heteroatoms. The van der Waals surface area contributed by atoms with E-state index in [0.717, 1.165) is 82.9 Å². The van der Waals surface area contributed by atoms with Crippen LogP contribution >= 0.6 is 0 Å². The van der Waals surface area contributed by atoms with Crippen LogP contribution in [0.3, 0.4) is 0 Å². The molecule has 0 atom stereocenters. The molecule has 0 spiro atoms. The number of fused-ring (bicyclic) bond motifs is 7. The summed E-state index contributed by atoms with van der Waals surface area (Å²) in [4.78, 5) is 10.5. The molecule has 0 bridgehead atoms. The molecule has 4 nitrogen and oxygen atoms in total. The predicted octanol–water partition coefficient (Wildman–Crippen LogP) is 12.1. The maximum Gasteiger partial charge on any atom is 0.180 e. The summed E-state index contributed by atoms with van der Waals surface area (Å²) in [6.45, 7) is 0. The summed E-state index contributed by atoms with van der Waals surface area (Å²) in [6.07, 6.45) is 0. The molecule has 0 saturated carbocycles. The number of rotatable bonds is 4. The van der Waals surface area contributed by atoms with Crippen LogP contribution in [0.2, 0.25) is 0 Å². The number of aromatic nitrogens is 2. The Labute approximate surface area is 275 Å². The van der Waals surface area contributed by atoms with E-state index in [1.807, 2.05) is 30.3 Å². The zero-order valence-electron chi connectivity index (χ0n) is 25.7. The second kappa shape index (κ2) is 10.5. The fourth-order valence-corrected chi connectivity index (χ4v) is 7.05. The Kier molecular flexibility index (Phi) is 5.84. The molecule has 10 aromatic rings. The largest absolute Gasteiger partial charge is 0.455 e. The van der Waals surface area contributed by atoms with Gasteiger partial charge >= 0.3 is 0 Å². The van der Waals surface area contributed by atoms with Crippen LogP contribution in [0.5, 0.6) is 0 Å². The first-order valence-corrected chi connectivity index (χ1v) is 16.1. The van der Waals surface area contributed by atoms with Crippen LogP contribution in [-0.4, -0.2) is 9.97 Å². The molecule has 0 aliphatic heterocycles. The normalized spacial score (nSPS) is 11.8. The molecule has 3 heterocycles. The first kappa shape index (κ1) is 26.7. The second-order valence-corrected chi connectivity index (χ2v) is 12.1. The van der Waals surface area contributed by atoms with E-state index in [2.05, 4.69) is 127 Å². The Morgan fingerprint density at radius 2 is 1.06 bits per heavy atom. The zero-order valence-corrected chi connectivity index (χ0v) is 25.7. The van der Waals surface area contributed by atoms with Gasteiger partial charge in [0.1, 0.15) is 28.0 Å². The number of hydrogen-bond acceptors (Lipinski definition) is 4. The first-order valence-electron chi connectivity index (χ1n) is 16.1. The van der Waals surface area contributed by atoms with Gasteiger partial charge in [-0.1, -0.05) is 127 Å². The second-order valence-electron chi connectivity index (χ2n) is 12.1. The highest BCUT2D eigenvalue weighted by Gasteiger charge is 2.23. The highest BCUT2D eigenvalue weighted by molar-refractivity contribution is 6.20. The number of benzene rings is 7. The summed E-state index contributed by atoms with van der Waals surface area (Å²) in [7, 11) is 0. The van der Waals surface area contributed by atoms with Crippen molar-refractivity contribution in [1.82, 2.24) is 9.97 Å². The summed E-state index contributed by atoms with van der Waals surface area (Å²) in [5.74, 6) is 0.588. The minimum atomic E-state index is 0.588. The van der Waals surface area contributed by atoms with Crippen molar-refractivity contribution in [2.75, 3.05) is 0 Å². The molecular weight excluding hydrogens is 588 g/mol. The van der Waals surface area contributed by atoms with Gasteiger partial charge < -0.3 is 8.83 Å². The highest BCUT2D eigenvalue weighted by atomic mass is 16.3. The van der Waals surface area contributed by atoms with Crippen molar-refractivity contribution in [3.05, 3.63) is 158 Å². The Morgan fingerprint density at radius 1 is 0.396 bits per heavy atom. The lowest BCUT2D eigenvalue weighted by atomic mass is 9.95. The van der Waals surface area contributed by atoms with Gasteiger partial charge in [0.15, 0.2) is 11.4 Å². The van der Waals surface area contributed by atoms with Crippen molar-refractivity contribution < 1.29 is 8.83 Å². The summed E-state index contributed by atoms with van der Waals surface area (Å²) in [6, 6.07) is 54.4. The van der Waals surface area contributed by atoms with Gasteiger partial charge in [0.25, 0.3) is 0 Å². The number of nitrogens with zero attached hydrogens (tertiary/aromatic N) is 2. The molecule has 10 rings (SSSR count). The molecule has 0 amide bonds. The average molecular weight is 615 g/mol. The molecule has 0 saturated heterocycles. The minimum Gasteiger partial charge on any atom is -0.455 e. The van der Waals surface area contributed by atoms with E-state index < -0.39 is 0 Å². The van der Waals surface area contributed by atoms with Crippen molar-refractivity contribution in [3.8, 4) is 44.9 Å². The van der Waals surface area contributed by atoms with E-state index in [9.17, 15) is 0 Å². The van der Waals surface area contributed by atoms with Crippen molar-refractivity contribution in [1.29, 1.82) is 0 Å². The van der Waals surface area contributed by atoms with Crippen LogP contribution in [-0.2, 0) is 0 Å². The summed E-state index contributed by atoms with van der Waals surface area (Å²) in [5.41, 5.74) is 10.8. The lowest BCUT2D eigenvalue weighted by Crippen LogP contribution is -1.94. The number of para-hydroxylation sites is 2. The first-order chi connectivity index (χ1) is 23.8. The Morgan fingerprint density at radius 3 is 1.92 bits per heavy atom. The van der Waals surface area contributed by atoms with Crippen LogP contribution < -0.4 is 0 Å². The molecule has 7 aromatic carbocycles. The molecule has 0 N–H and O–H groups in total. The topological polar surface area (TPSA) is 52.1 Å². The highest BCUT2D eigenvalue weighted by Crippen LogP contribution is 2.44. The third-order valence-corrected chi connectivity index (χ3v) is 9.28. The van der Waals surface area contributed by atoms with Crippen LogP contribution in [0.4, 0.5) is 0 Å². The van der Waals surface area contributed by atoms with E-state index in [1.165, 1.54) is 5.39 Å². The average Bonchev–Trinajstić information content (AvgIpc) is 3.72. The van der Waals surface area contributed by atoms with Crippen LogP contribution in [0.1, 0.15) is 0 Å². The lowest BCUT2D eigenvalue weighted by molar-refractivity contribution is 0.666. The van der Waals surface area contributed by atoms with Crippen molar-refractivity contribution in [2.24, 2.45) is 0 Å². The van der Waals surface area contributed by atoms with E-state index in [1.54, 1.807) is 0 Å². The van der Waals surface area contributed by atoms with Gasteiger partial charge in [-0.15, -0.1) is 0 Å². The lowest BCUT2D eigenvalue weighted by Gasteiger charge is -2.09. The monoisotopic (exact) mass is 614 g/mol. The summed E-state index contributed by atoms with van der Waals surface area (Å²) >= 11 is 0. The summed E-state index contributed by atoms with van der Waals surface area (Å²) in [5, 5.41) is 5.36. The van der Waals surface area contributed by atoms with Gasteiger partial charge in [-0.3, -0.25) is 0 Å². The third-order valence-electron chi connectivity index (χ3n) is 9.28. The van der Waals surface area contributed by atoms with Gasteiger partial charge in [0.2, 0.25) is 0 Å². The van der Waals surface area contributed by atoms with E-state index in [-0.39, 0.29) is 0 Å². The molecule has 0 fully saturated rings. The maximum atomic E-state index is 6.93. The van der Waals surface area contributed by atoms with Gasteiger partial charge in [-0.05, 0) is 57.8 Å². The van der Waals surface area contributed by atoms with E-state index >= 15 is 0 Å². The van der Waals surface area contributed by atoms with Crippen LogP contribution in [0.15, 0.2) is 167 Å². The molecule has 48 heavy (non-hydrogen) atoms.